The second kappa shape index (κ2) is 20.1. The summed E-state index contributed by atoms with van der Waals surface area (Å²) >= 11 is 1.04. The first-order valence-corrected chi connectivity index (χ1v) is 25.2. The minimum atomic E-state index is -2.35. The van der Waals surface area contributed by atoms with Gasteiger partial charge in [-0.05, 0) is 44.6 Å². The first kappa shape index (κ1) is 51.3. The maximum absolute atomic E-state index is 14.6. The molecule has 8 atom stereocenters. The van der Waals surface area contributed by atoms with E-state index in [9.17, 15) is 64.8 Å². The number of aliphatic hydroxyl groups is 2. The van der Waals surface area contributed by atoms with Crippen LogP contribution < -0.4 is 9.57 Å². The summed E-state index contributed by atoms with van der Waals surface area (Å²) in [4.78, 5) is 75.7. The van der Waals surface area contributed by atoms with Crippen molar-refractivity contribution in [3.63, 3.8) is 0 Å². The average Bonchev–Trinajstić information content (AvgIpc) is 4.01. The summed E-state index contributed by atoms with van der Waals surface area (Å²) in [5.41, 5.74) is -4.69. The summed E-state index contributed by atoms with van der Waals surface area (Å²) in [6.45, 7) is 1.80. The fourth-order valence-electron chi connectivity index (χ4n) is 11.3. The van der Waals surface area contributed by atoms with Crippen molar-refractivity contribution < 1.29 is 98.1 Å². The predicted molar refractivity (Wildman–Crippen MR) is 251 cm³/mol. The summed E-state index contributed by atoms with van der Waals surface area (Å²) in [6.07, 6.45) is -4.00. The van der Waals surface area contributed by atoms with Crippen LogP contribution in [0.1, 0.15) is 101 Å². The van der Waals surface area contributed by atoms with E-state index in [1.807, 2.05) is 0 Å². The fourth-order valence-corrected chi connectivity index (χ4v) is 12.2. The van der Waals surface area contributed by atoms with Crippen LogP contribution in [-0.4, -0.2) is 160 Å². The number of hydrogen-bond acceptors (Lipinski definition) is 22. The Morgan fingerprint density at radius 2 is 1.64 bits per heavy atom. The van der Waals surface area contributed by atoms with Gasteiger partial charge in [0.1, 0.15) is 35.6 Å². The number of ketones is 3. The lowest BCUT2D eigenvalue weighted by Crippen LogP contribution is -2.55. The molecule has 23 nitrogen and oxygen atoms in total. The van der Waals surface area contributed by atoms with Crippen molar-refractivity contribution >= 4 is 41.1 Å². The van der Waals surface area contributed by atoms with Crippen molar-refractivity contribution in [2.75, 3.05) is 32.6 Å². The molecule has 6 aliphatic rings. The number of aliphatic hydroxyl groups excluding tert-OH is 1. The summed E-state index contributed by atoms with van der Waals surface area (Å²) in [6, 6.07) is 7.37. The van der Waals surface area contributed by atoms with Crippen molar-refractivity contribution in [3.05, 3.63) is 69.8 Å². The normalized spacial score (nSPS) is 28.4. The largest absolute Gasteiger partial charge is 0.507 e. The third-order valence-corrected chi connectivity index (χ3v) is 16.0. The number of carbonyl (C=O) groups is 5. The molecule has 0 unspecified atom stereocenters. The maximum atomic E-state index is 14.6. The molecule has 0 bridgehead atoms. The Labute approximate surface area is 425 Å². The molecule has 24 heteroatoms. The Morgan fingerprint density at radius 3 is 2.35 bits per heavy atom. The van der Waals surface area contributed by atoms with Gasteiger partial charge in [0.25, 0.3) is 0 Å². The van der Waals surface area contributed by atoms with Crippen molar-refractivity contribution in [1.29, 1.82) is 0 Å². The second-order valence-corrected chi connectivity index (χ2v) is 20.6. The van der Waals surface area contributed by atoms with Crippen LogP contribution in [0.15, 0.2) is 41.3 Å². The van der Waals surface area contributed by atoms with Gasteiger partial charge in [-0.15, -0.1) is 16.5 Å². The zero-order valence-corrected chi connectivity index (χ0v) is 40.9. The average molecular weight is 1050 g/mol. The van der Waals surface area contributed by atoms with E-state index in [1.54, 1.807) is 6.92 Å². The number of aromatic nitrogens is 2. The van der Waals surface area contributed by atoms with Crippen LogP contribution in [0, 0.1) is 11.8 Å². The van der Waals surface area contributed by atoms with Gasteiger partial charge in [-0.25, -0.2) is 4.79 Å². The number of aromatic hydroxyl groups is 6. The fraction of sp³-hybridized carbons (Fsp3) is 0.500. The van der Waals surface area contributed by atoms with E-state index >= 15 is 0 Å². The number of thioether (sulfide) groups is 1. The number of nitrogens with zero attached hydrogens (tertiary/aromatic N) is 3. The molecule has 74 heavy (non-hydrogen) atoms. The van der Waals surface area contributed by atoms with Crippen LogP contribution >= 0.6 is 11.8 Å². The van der Waals surface area contributed by atoms with Crippen LogP contribution in [0.3, 0.4) is 0 Å². The lowest BCUT2D eigenvalue weighted by molar-refractivity contribution is -0.256. The molecule has 2 aromatic heterocycles. The van der Waals surface area contributed by atoms with Crippen LogP contribution in [0.4, 0.5) is 0 Å². The molecule has 0 amide bonds. The maximum Gasteiger partial charge on any atom is 0.336 e. The highest BCUT2D eigenvalue weighted by molar-refractivity contribution is 7.99. The van der Waals surface area contributed by atoms with E-state index in [0.29, 0.717) is 43.6 Å². The highest BCUT2D eigenvalue weighted by Gasteiger charge is 2.55. The molecule has 4 aromatic rings. The molecule has 3 aliphatic heterocycles. The molecule has 4 fully saturated rings. The van der Waals surface area contributed by atoms with Gasteiger partial charge in [0.2, 0.25) is 23.4 Å². The first-order chi connectivity index (χ1) is 35.4. The molecule has 1 saturated carbocycles. The molecule has 0 radical (unpaired) electrons. The van der Waals surface area contributed by atoms with E-state index in [2.05, 4.69) is 4.90 Å². The number of carbonyl (C=O) groups excluding carboxylic acids is 5. The minimum Gasteiger partial charge on any atom is -0.507 e. The zero-order chi connectivity index (χ0) is 52.5. The van der Waals surface area contributed by atoms with Gasteiger partial charge >= 0.3 is 11.9 Å². The summed E-state index contributed by atoms with van der Waals surface area (Å²) in [5.74, 6) is -8.11. The molecule has 3 aliphatic carbocycles. The van der Waals surface area contributed by atoms with E-state index in [1.165, 1.54) is 48.1 Å². The lowest BCUT2D eigenvalue weighted by atomic mass is 9.72. The highest BCUT2D eigenvalue weighted by Crippen LogP contribution is 2.53. The van der Waals surface area contributed by atoms with Gasteiger partial charge in [0.15, 0.2) is 36.3 Å². The molecular weight excluding hydrogens is 995 g/mol. The number of esters is 1. The Hall–Kier alpha value is -6.22. The summed E-state index contributed by atoms with van der Waals surface area (Å²) in [5, 5.41) is 87.2. The number of ether oxygens (including phenoxy) is 6. The number of methoxy groups -OCH3 is 1. The number of phenolic OH excluding ortho intramolecular Hbond substituents is 2. The van der Waals surface area contributed by atoms with Crippen molar-refractivity contribution in [2.24, 2.45) is 11.8 Å². The van der Waals surface area contributed by atoms with Gasteiger partial charge in [0.05, 0.1) is 52.7 Å². The summed E-state index contributed by atoms with van der Waals surface area (Å²) in [7, 11) is 1.51. The molecule has 2 aromatic carbocycles. The van der Waals surface area contributed by atoms with Gasteiger partial charge in [0, 0.05) is 86.1 Å². The zero-order valence-electron chi connectivity index (χ0n) is 40.1. The first-order valence-electron chi connectivity index (χ1n) is 24.2. The quantitative estimate of drug-likeness (QED) is 0.0343. The van der Waals surface area contributed by atoms with Crippen molar-refractivity contribution in [2.45, 2.75) is 118 Å². The van der Waals surface area contributed by atoms with E-state index in [0.717, 1.165) is 11.8 Å². The Balaban J connectivity index is 0.825. The minimum absolute atomic E-state index is 0.0304. The number of rotatable bonds is 14. The molecule has 8 N–H and O–H groups in total. The number of fused-ring (bicyclic) bond motifs is 6. The standard InChI is InChI=1S/C50H55N3O20S/c1-22-45-27(51-13-14-68-49(67-2)47(51)72-45)16-36(69-22)71-29-19-50(66,31(55)21-54)18-26-38(29)44(63)40-39(42(26)61)41(60)25-4-3-5-28(37(25)43(40)62)70-35(59)12-15-74-30-17-34(58)52(46(30)64)20-23-6-8-24(9-7-23)48(65)73-53-32(56)10-11-33(53)57/h3-5,10-11,17,22-24,27,29,36,45,47,49,54,56-58,61,63-64,66H,6-9,12-16,18-21H2,1-2H3/t22-,23?,24?,27-,29-,36-,45+,47+,49-,50-/m0/s1. The van der Waals surface area contributed by atoms with Gasteiger partial charge in [-0.1, -0.05) is 12.1 Å². The Morgan fingerprint density at radius 1 is 0.905 bits per heavy atom. The predicted octanol–water partition coefficient (Wildman–Crippen LogP) is 2.68. The lowest BCUT2D eigenvalue weighted by Gasteiger charge is -2.43. The Bertz CT molecular complexity index is 2890. The molecule has 0 spiro atoms. The molecule has 396 valence electrons. The van der Waals surface area contributed by atoms with Crippen LogP contribution in [0.2, 0.25) is 0 Å². The van der Waals surface area contributed by atoms with E-state index in [4.69, 9.17) is 33.3 Å². The molecule has 5 heterocycles. The third kappa shape index (κ3) is 9.04. The summed E-state index contributed by atoms with van der Waals surface area (Å²) < 4.78 is 37.9. The van der Waals surface area contributed by atoms with Crippen LogP contribution in [0.5, 0.6) is 40.8 Å². The van der Waals surface area contributed by atoms with E-state index in [-0.39, 0.29) is 81.8 Å². The highest BCUT2D eigenvalue weighted by atomic mass is 32.2. The number of phenols is 2. The SMILES string of the molecule is CO[C@H]1OCCN2[C@@H]1O[C@@H]1[C@H](C)O[C@@H](O[C@H]3C[C@](O)(C(=O)CO)Cc4c(O)c5c(c(O)c43)C(=O)c3c(OC(=O)CCSc4cc(O)n(CC6CCC(C(=O)On7c(O)ccc7O)CC6)c4O)cccc3C5=O)C[C@@H]12. The van der Waals surface area contributed by atoms with Crippen molar-refractivity contribution in [1.82, 2.24) is 14.2 Å². The molecule has 10 rings (SSSR count). The van der Waals surface area contributed by atoms with Gasteiger partial charge < -0.3 is 74.1 Å². The van der Waals surface area contributed by atoms with E-state index < -0.39 is 132 Å². The molecule has 3 saturated heterocycles. The van der Waals surface area contributed by atoms with Crippen LogP contribution in [0.25, 0.3) is 0 Å². The van der Waals surface area contributed by atoms with Gasteiger partial charge in [-0.3, -0.25) is 28.6 Å². The third-order valence-electron chi connectivity index (χ3n) is 15.0. The number of Topliss-reactive ketones (excluding diaryl/α,β-unsaturated/α-hetero) is 1. The Kier molecular flexibility index (Phi) is 14.0. The monoisotopic (exact) mass is 1050 g/mol. The van der Waals surface area contributed by atoms with Gasteiger partial charge in [-0.2, -0.15) is 0 Å². The number of benzene rings is 2. The molecular formula is C50H55N3O20S. The second-order valence-electron chi connectivity index (χ2n) is 19.4. The van der Waals surface area contributed by atoms with Crippen LogP contribution in [-0.2, 0) is 51.0 Å². The number of morpholine rings is 1. The topological polar surface area (TPSA) is 325 Å². The van der Waals surface area contributed by atoms with Crippen molar-refractivity contribution in [3.8, 4) is 40.8 Å². The number of hydrogen-bond donors (Lipinski definition) is 8. The smallest absolute Gasteiger partial charge is 0.336 e.